The molecule has 33 heavy (non-hydrogen) atoms. The molecule has 0 fully saturated rings. The van der Waals surface area contributed by atoms with Crippen molar-refractivity contribution in [3.05, 3.63) is 140 Å². The van der Waals surface area contributed by atoms with Crippen molar-refractivity contribution in [2.75, 3.05) is 0 Å². The first-order valence-corrected chi connectivity index (χ1v) is 12.6. The lowest BCUT2D eigenvalue weighted by atomic mass is 9.98. The van der Waals surface area contributed by atoms with Crippen molar-refractivity contribution >= 4 is 45.4 Å². The molecule has 0 atom stereocenters. The molecule has 1 heteroatoms. The van der Waals surface area contributed by atoms with E-state index in [1.54, 1.807) is 0 Å². The SMILES string of the molecule is c1ccc(P(c2ccccc2)c2cc(-c3ccc4ccccc4c3)cc3ccccc23)cc1. The van der Waals surface area contributed by atoms with E-state index in [-0.39, 0.29) is 0 Å². The normalized spacial score (nSPS) is 11.3. The van der Waals surface area contributed by atoms with Crippen molar-refractivity contribution in [3.8, 4) is 11.1 Å². The van der Waals surface area contributed by atoms with Gasteiger partial charge in [0.05, 0.1) is 0 Å². The Balaban J connectivity index is 1.62. The van der Waals surface area contributed by atoms with Gasteiger partial charge in [-0.1, -0.05) is 121 Å². The maximum atomic E-state index is 2.43. The number of fused-ring (bicyclic) bond motifs is 2. The van der Waals surface area contributed by atoms with E-state index in [0.29, 0.717) is 0 Å². The average molecular weight is 439 g/mol. The van der Waals surface area contributed by atoms with Crippen molar-refractivity contribution in [3.63, 3.8) is 0 Å². The van der Waals surface area contributed by atoms with Crippen molar-refractivity contribution in [1.82, 2.24) is 0 Å². The molecule has 0 amide bonds. The molecule has 0 aliphatic rings. The highest BCUT2D eigenvalue weighted by Gasteiger charge is 2.20. The summed E-state index contributed by atoms with van der Waals surface area (Å²) < 4.78 is 0. The summed E-state index contributed by atoms with van der Waals surface area (Å²) in [6.07, 6.45) is 0. The summed E-state index contributed by atoms with van der Waals surface area (Å²) in [5.74, 6) is 0. The molecular weight excluding hydrogens is 415 g/mol. The van der Waals surface area contributed by atoms with Crippen LogP contribution in [0.15, 0.2) is 140 Å². The molecule has 6 aromatic carbocycles. The van der Waals surface area contributed by atoms with E-state index in [2.05, 4.69) is 140 Å². The second-order valence-electron chi connectivity index (χ2n) is 8.28. The highest BCUT2D eigenvalue weighted by molar-refractivity contribution is 7.80. The van der Waals surface area contributed by atoms with Gasteiger partial charge < -0.3 is 0 Å². The molecule has 6 rings (SSSR count). The molecular formula is C32H23P. The summed E-state index contributed by atoms with van der Waals surface area (Å²) >= 11 is 0. The zero-order chi connectivity index (χ0) is 22.0. The van der Waals surface area contributed by atoms with Crippen LogP contribution in [-0.2, 0) is 0 Å². The van der Waals surface area contributed by atoms with E-state index in [0.717, 1.165) is 0 Å². The smallest absolute Gasteiger partial charge is 0.00664 e. The van der Waals surface area contributed by atoms with E-state index < -0.39 is 7.92 Å². The molecule has 0 heterocycles. The molecule has 0 radical (unpaired) electrons. The molecule has 0 unspecified atom stereocenters. The minimum absolute atomic E-state index is 0.687. The molecule has 0 aromatic heterocycles. The van der Waals surface area contributed by atoms with Crippen LogP contribution in [0.3, 0.4) is 0 Å². The topological polar surface area (TPSA) is 0 Å². The Bertz CT molecular complexity index is 1510. The summed E-state index contributed by atoms with van der Waals surface area (Å²) in [6, 6.07) is 50.9. The summed E-state index contributed by atoms with van der Waals surface area (Å²) in [5, 5.41) is 9.33. The standard InChI is InChI=1S/C32H23P/c1-3-14-29(15-4-1)33(30-16-5-2-6-17-30)32-23-28(22-27-13-9-10-18-31(27)32)26-20-19-24-11-7-8-12-25(24)21-26/h1-23H. The van der Waals surface area contributed by atoms with Crippen LogP contribution < -0.4 is 15.9 Å². The van der Waals surface area contributed by atoms with Crippen molar-refractivity contribution in [2.24, 2.45) is 0 Å². The van der Waals surface area contributed by atoms with Crippen LogP contribution in [0.5, 0.6) is 0 Å². The zero-order valence-corrected chi connectivity index (χ0v) is 19.1. The first-order chi connectivity index (χ1) is 16.4. The summed E-state index contributed by atoms with van der Waals surface area (Å²) in [6.45, 7) is 0. The minimum Gasteiger partial charge on any atom is -0.0622 e. The third-order valence-corrected chi connectivity index (χ3v) is 8.67. The Morgan fingerprint density at radius 2 is 0.909 bits per heavy atom. The van der Waals surface area contributed by atoms with Crippen molar-refractivity contribution in [1.29, 1.82) is 0 Å². The Kier molecular flexibility index (Phi) is 5.23. The number of benzene rings is 6. The fourth-order valence-corrected chi connectivity index (χ4v) is 7.10. The van der Waals surface area contributed by atoms with E-state index >= 15 is 0 Å². The predicted molar refractivity (Wildman–Crippen MR) is 146 cm³/mol. The first-order valence-electron chi connectivity index (χ1n) is 11.3. The molecule has 0 saturated heterocycles. The maximum absolute atomic E-state index is 2.43. The first kappa shape index (κ1) is 19.9. The second-order valence-corrected chi connectivity index (χ2v) is 10.5. The maximum Gasteiger partial charge on any atom is -0.00664 e. The second kappa shape index (κ2) is 8.66. The molecule has 0 aliphatic carbocycles. The average Bonchev–Trinajstić information content (AvgIpc) is 2.90. The van der Waals surface area contributed by atoms with Gasteiger partial charge in [-0.3, -0.25) is 0 Å². The van der Waals surface area contributed by atoms with Crippen LogP contribution in [0, 0.1) is 0 Å². The molecule has 0 bridgehead atoms. The van der Waals surface area contributed by atoms with Gasteiger partial charge in [-0.25, -0.2) is 0 Å². The van der Waals surface area contributed by atoms with Crippen LogP contribution in [0.1, 0.15) is 0 Å². The van der Waals surface area contributed by atoms with Crippen LogP contribution in [0.2, 0.25) is 0 Å². The fraction of sp³-hybridized carbons (Fsp3) is 0. The Labute approximate surface area is 195 Å². The lowest BCUT2D eigenvalue weighted by Crippen LogP contribution is -2.21. The van der Waals surface area contributed by atoms with Crippen LogP contribution >= 0.6 is 7.92 Å². The highest BCUT2D eigenvalue weighted by atomic mass is 31.1. The molecule has 156 valence electrons. The van der Waals surface area contributed by atoms with Gasteiger partial charge >= 0.3 is 0 Å². The van der Waals surface area contributed by atoms with Gasteiger partial charge in [-0.05, 0) is 74.7 Å². The van der Waals surface area contributed by atoms with Crippen molar-refractivity contribution in [2.45, 2.75) is 0 Å². The molecule has 0 nitrogen and oxygen atoms in total. The molecule has 0 spiro atoms. The number of hydrogen-bond acceptors (Lipinski definition) is 0. The van der Waals surface area contributed by atoms with Gasteiger partial charge in [0.25, 0.3) is 0 Å². The Hall–Kier alpha value is -3.73. The predicted octanol–water partition coefficient (Wildman–Crippen LogP) is 7.42. The lowest BCUT2D eigenvalue weighted by molar-refractivity contribution is 1.68. The lowest BCUT2D eigenvalue weighted by Gasteiger charge is -2.22. The van der Waals surface area contributed by atoms with Crippen LogP contribution in [-0.4, -0.2) is 0 Å². The largest absolute Gasteiger partial charge is 0.0622 e. The zero-order valence-electron chi connectivity index (χ0n) is 18.2. The van der Waals surface area contributed by atoms with E-state index in [1.807, 2.05) is 0 Å². The van der Waals surface area contributed by atoms with Crippen LogP contribution in [0.25, 0.3) is 32.7 Å². The van der Waals surface area contributed by atoms with Gasteiger partial charge in [-0.2, -0.15) is 0 Å². The van der Waals surface area contributed by atoms with Gasteiger partial charge in [0, 0.05) is 0 Å². The Morgan fingerprint density at radius 3 is 1.61 bits per heavy atom. The molecule has 0 N–H and O–H groups in total. The van der Waals surface area contributed by atoms with Gasteiger partial charge in [0.1, 0.15) is 0 Å². The minimum atomic E-state index is -0.687. The molecule has 0 saturated carbocycles. The molecule has 6 aromatic rings. The fourth-order valence-electron chi connectivity index (χ4n) is 4.59. The monoisotopic (exact) mass is 438 g/mol. The van der Waals surface area contributed by atoms with Crippen molar-refractivity contribution < 1.29 is 0 Å². The summed E-state index contributed by atoms with van der Waals surface area (Å²) in [4.78, 5) is 0. The van der Waals surface area contributed by atoms with Gasteiger partial charge in [0.15, 0.2) is 0 Å². The third-order valence-electron chi connectivity index (χ3n) is 6.19. The third kappa shape index (κ3) is 3.84. The van der Waals surface area contributed by atoms with Crippen LogP contribution in [0.4, 0.5) is 0 Å². The van der Waals surface area contributed by atoms with Gasteiger partial charge in [-0.15, -0.1) is 0 Å². The van der Waals surface area contributed by atoms with Gasteiger partial charge in [0.2, 0.25) is 0 Å². The summed E-state index contributed by atoms with van der Waals surface area (Å²) in [7, 11) is -0.687. The quantitative estimate of drug-likeness (QED) is 0.251. The Morgan fingerprint density at radius 1 is 0.364 bits per heavy atom. The summed E-state index contributed by atoms with van der Waals surface area (Å²) in [5.41, 5.74) is 2.53. The number of hydrogen-bond donors (Lipinski definition) is 0. The number of rotatable bonds is 4. The molecule has 0 aliphatic heterocycles. The van der Waals surface area contributed by atoms with E-state index in [1.165, 1.54) is 48.6 Å². The van der Waals surface area contributed by atoms with E-state index in [9.17, 15) is 0 Å². The highest BCUT2D eigenvalue weighted by Crippen LogP contribution is 2.38. The van der Waals surface area contributed by atoms with E-state index in [4.69, 9.17) is 0 Å².